The normalized spacial score (nSPS) is 11.6. The molecule has 0 aliphatic carbocycles. The number of rotatable bonds is 5. The van der Waals surface area contributed by atoms with Crippen molar-refractivity contribution in [3.8, 4) is 11.5 Å². The Kier molecular flexibility index (Phi) is 4.77. The van der Waals surface area contributed by atoms with Crippen molar-refractivity contribution < 1.29 is 14.3 Å². The lowest BCUT2D eigenvalue weighted by molar-refractivity contribution is 0.0936. The van der Waals surface area contributed by atoms with Crippen molar-refractivity contribution >= 4 is 5.91 Å². The van der Waals surface area contributed by atoms with Gasteiger partial charge in [0.25, 0.3) is 5.91 Å². The molecule has 0 radical (unpaired) electrons. The number of hydrogen-bond donors (Lipinski definition) is 1. The van der Waals surface area contributed by atoms with Crippen molar-refractivity contribution in [2.45, 2.75) is 13.0 Å². The van der Waals surface area contributed by atoms with Crippen LogP contribution < -0.4 is 14.8 Å². The van der Waals surface area contributed by atoms with E-state index >= 15 is 0 Å². The van der Waals surface area contributed by atoms with Crippen molar-refractivity contribution in [1.82, 2.24) is 10.3 Å². The predicted molar refractivity (Wildman–Crippen MR) is 79.7 cm³/mol. The molecule has 0 saturated carbocycles. The van der Waals surface area contributed by atoms with E-state index in [4.69, 9.17) is 9.47 Å². The first kappa shape index (κ1) is 14.8. The van der Waals surface area contributed by atoms with E-state index in [1.54, 1.807) is 31.5 Å². The van der Waals surface area contributed by atoms with Crippen molar-refractivity contribution in [2.75, 3.05) is 14.2 Å². The van der Waals surface area contributed by atoms with Gasteiger partial charge in [-0.05, 0) is 31.2 Å². The van der Waals surface area contributed by atoms with Crippen LogP contribution in [0.25, 0.3) is 0 Å². The van der Waals surface area contributed by atoms with Crippen molar-refractivity contribution in [3.63, 3.8) is 0 Å². The molecule has 0 fully saturated rings. The van der Waals surface area contributed by atoms with E-state index in [9.17, 15) is 4.79 Å². The smallest absolute Gasteiger partial charge is 0.255 e. The quantitative estimate of drug-likeness (QED) is 0.917. The fourth-order valence-corrected chi connectivity index (χ4v) is 1.97. The van der Waals surface area contributed by atoms with Crippen LogP contribution in [0.1, 0.15) is 29.0 Å². The fourth-order valence-electron chi connectivity index (χ4n) is 1.97. The third-order valence-electron chi connectivity index (χ3n) is 3.13. The number of pyridine rings is 1. The summed E-state index contributed by atoms with van der Waals surface area (Å²) in [4.78, 5) is 16.6. The zero-order valence-corrected chi connectivity index (χ0v) is 12.3. The average molecular weight is 286 g/mol. The Bertz CT molecular complexity index is 614. The number of aromatic nitrogens is 1. The zero-order chi connectivity index (χ0) is 15.2. The molecule has 1 unspecified atom stereocenters. The van der Waals surface area contributed by atoms with Crippen LogP contribution in [0, 0.1) is 0 Å². The van der Waals surface area contributed by atoms with E-state index in [1.165, 1.54) is 7.11 Å². The number of carbonyl (C=O) groups excluding carboxylic acids is 1. The lowest BCUT2D eigenvalue weighted by atomic mass is 10.1. The molecule has 21 heavy (non-hydrogen) atoms. The first-order valence-corrected chi connectivity index (χ1v) is 6.59. The van der Waals surface area contributed by atoms with Crippen LogP contribution in [0.2, 0.25) is 0 Å². The van der Waals surface area contributed by atoms with Gasteiger partial charge < -0.3 is 14.8 Å². The highest BCUT2D eigenvalue weighted by Crippen LogP contribution is 2.25. The van der Waals surface area contributed by atoms with Crippen LogP contribution in [0.15, 0.2) is 42.6 Å². The van der Waals surface area contributed by atoms with E-state index in [0.717, 1.165) is 5.69 Å². The Hall–Kier alpha value is -2.56. The molecule has 1 N–H and O–H groups in total. The molecule has 1 amide bonds. The fraction of sp³-hybridized carbons (Fsp3) is 0.250. The molecular weight excluding hydrogens is 268 g/mol. The number of amides is 1. The standard InChI is InChI=1S/C16H18N2O3/c1-11(14-6-4-5-9-17-14)18-16(19)13-8-7-12(20-2)10-15(13)21-3/h4-11H,1-3H3,(H,18,19). The number of benzene rings is 1. The molecule has 2 aromatic rings. The minimum atomic E-state index is -0.215. The summed E-state index contributed by atoms with van der Waals surface area (Å²) < 4.78 is 10.4. The Balaban J connectivity index is 2.17. The van der Waals surface area contributed by atoms with Gasteiger partial charge in [0.15, 0.2) is 0 Å². The van der Waals surface area contributed by atoms with Gasteiger partial charge in [0, 0.05) is 12.3 Å². The number of nitrogens with one attached hydrogen (secondary N) is 1. The number of methoxy groups -OCH3 is 2. The summed E-state index contributed by atoms with van der Waals surface area (Å²) in [7, 11) is 3.09. The van der Waals surface area contributed by atoms with E-state index < -0.39 is 0 Å². The van der Waals surface area contributed by atoms with Gasteiger partial charge in [0.05, 0.1) is 31.5 Å². The number of carbonyl (C=O) groups is 1. The van der Waals surface area contributed by atoms with Gasteiger partial charge in [-0.3, -0.25) is 9.78 Å². The molecule has 5 heteroatoms. The Morgan fingerprint density at radius 3 is 2.62 bits per heavy atom. The first-order valence-electron chi connectivity index (χ1n) is 6.59. The third kappa shape index (κ3) is 3.51. The Labute approximate surface area is 123 Å². The van der Waals surface area contributed by atoms with E-state index in [0.29, 0.717) is 17.1 Å². The second-order valence-corrected chi connectivity index (χ2v) is 4.52. The van der Waals surface area contributed by atoms with E-state index in [2.05, 4.69) is 10.3 Å². The van der Waals surface area contributed by atoms with Gasteiger partial charge >= 0.3 is 0 Å². The van der Waals surface area contributed by atoms with Crippen LogP contribution in [0.5, 0.6) is 11.5 Å². The second kappa shape index (κ2) is 6.74. The highest BCUT2D eigenvalue weighted by Gasteiger charge is 2.16. The van der Waals surface area contributed by atoms with Crippen molar-refractivity contribution in [2.24, 2.45) is 0 Å². The monoisotopic (exact) mass is 286 g/mol. The molecule has 1 heterocycles. The maximum Gasteiger partial charge on any atom is 0.255 e. The Morgan fingerprint density at radius 2 is 2.00 bits per heavy atom. The summed E-state index contributed by atoms with van der Waals surface area (Å²) in [6, 6.07) is 10.5. The molecule has 1 atom stereocenters. The zero-order valence-electron chi connectivity index (χ0n) is 12.3. The summed E-state index contributed by atoms with van der Waals surface area (Å²) in [5, 5.41) is 2.90. The molecule has 1 aromatic heterocycles. The second-order valence-electron chi connectivity index (χ2n) is 4.52. The SMILES string of the molecule is COc1ccc(C(=O)NC(C)c2ccccn2)c(OC)c1. The first-order chi connectivity index (χ1) is 10.2. The number of hydrogen-bond acceptors (Lipinski definition) is 4. The molecule has 1 aromatic carbocycles. The topological polar surface area (TPSA) is 60.5 Å². The molecule has 0 saturated heterocycles. The maximum atomic E-state index is 12.3. The minimum absolute atomic E-state index is 0.189. The van der Waals surface area contributed by atoms with Gasteiger partial charge in [-0.2, -0.15) is 0 Å². The number of nitrogens with zero attached hydrogens (tertiary/aromatic N) is 1. The van der Waals surface area contributed by atoms with Crippen LogP contribution in [0.4, 0.5) is 0 Å². The number of ether oxygens (including phenoxy) is 2. The van der Waals surface area contributed by atoms with Crippen LogP contribution in [-0.4, -0.2) is 25.1 Å². The molecular formula is C16H18N2O3. The van der Waals surface area contributed by atoms with Crippen molar-refractivity contribution in [1.29, 1.82) is 0 Å². The van der Waals surface area contributed by atoms with E-state index in [1.807, 2.05) is 25.1 Å². The Morgan fingerprint density at radius 1 is 1.19 bits per heavy atom. The van der Waals surface area contributed by atoms with Gasteiger partial charge in [-0.15, -0.1) is 0 Å². The summed E-state index contributed by atoms with van der Waals surface area (Å²) in [5.74, 6) is 0.897. The molecule has 0 aliphatic rings. The highest BCUT2D eigenvalue weighted by atomic mass is 16.5. The van der Waals surface area contributed by atoms with Gasteiger partial charge in [-0.25, -0.2) is 0 Å². The molecule has 5 nitrogen and oxygen atoms in total. The third-order valence-corrected chi connectivity index (χ3v) is 3.13. The van der Waals surface area contributed by atoms with Crippen LogP contribution in [0.3, 0.4) is 0 Å². The summed E-state index contributed by atoms with van der Waals surface area (Å²) in [6.07, 6.45) is 1.70. The van der Waals surface area contributed by atoms with Crippen molar-refractivity contribution in [3.05, 3.63) is 53.9 Å². The average Bonchev–Trinajstić information content (AvgIpc) is 2.54. The lowest BCUT2D eigenvalue weighted by Crippen LogP contribution is -2.27. The molecule has 0 bridgehead atoms. The largest absolute Gasteiger partial charge is 0.497 e. The summed E-state index contributed by atoms with van der Waals surface area (Å²) in [5.41, 5.74) is 1.26. The highest BCUT2D eigenvalue weighted by molar-refractivity contribution is 5.97. The van der Waals surface area contributed by atoms with Crippen LogP contribution in [-0.2, 0) is 0 Å². The van der Waals surface area contributed by atoms with Gasteiger partial charge in [0.2, 0.25) is 0 Å². The molecule has 0 aliphatic heterocycles. The minimum Gasteiger partial charge on any atom is -0.497 e. The molecule has 0 spiro atoms. The summed E-state index contributed by atoms with van der Waals surface area (Å²) >= 11 is 0. The maximum absolute atomic E-state index is 12.3. The molecule has 110 valence electrons. The summed E-state index contributed by atoms with van der Waals surface area (Å²) in [6.45, 7) is 1.89. The van der Waals surface area contributed by atoms with E-state index in [-0.39, 0.29) is 11.9 Å². The molecule has 2 rings (SSSR count). The van der Waals surface area contributed by atoms with Gasteiger partial charge in [-0.1, -0.05) is 6.07 Å². The predicted octanol–water partition coefficient (Wildman–Crippen LogP) is 2.59. The van der Waals surface area contributed by atoms with Gasteiger partial charge in [0.1, 0.15) is 11.5 Å². The van der Waals surface area contributed by atoms with Crippen LogP contribution >= 0.6 is 0 Å². The lowest BCUT2D eigenvalue weighted by Gasteiger charge is -2.15.